The summed E-state index contributed by atoms with van der Waals surface area (Å²) < 4.78 is 0. The molecule has 0 saturated heterocycles. The Bertz CT molecular complexity index is 523. The molecule has 2 aromatic rings. The second-order valence-electron chi connectivity index (χ2n) is 3.89. The topological polar surface area (TPSA) is 50.9 Å². The van der Waals surface area contributed by atoms with Crippen molar-refractivity contribution in [3.63, 3.8) is 0 Å². The first-order valence-electron chi connectivity index (χ1n) is 5.77. The number of anilines is 1. The normalized spacial score (nSPS) is 12.1. The van der Waals surface area contributed by atoms with Crippen LogP contribution >= 0.6 is 23.6 Å². The number of aromatic nitrogens is 1. The molecule has 0 aliphatic heterocycles. The van der Waals surface area contributed by atoms with Gasteiger partial charge in [0.2, 0.25) is 0 Å². The van der Waals surface area contributed by atoms with E-state index in [1.54, 1.807) is 11.3 Å². The molecular weight excluding hydrogens is 262 g/mol. The Morgan fingerprint density at radius 1 is 1.44 bits per heavy atom. The fourth-order valence-electron chi connectivity index (χ4n) is 1.69. The predicted molar refractivity (Wildman–Crippen MR) is 81.1 cm³/mol. The summed E-state index contributed by atoms with van der Waals surface area (Å²) in [5, 5.41) is 5.49. The Kier molecular flexibility index (Phi) is 4.28. The zero-order chi connectivity index (χ0) is 13.0. The number of nitrogens with zero attached hydrogens (tertiary/aromatic N) is 1. The van der Waals surface area contributed by atoms with Gasteiger partial charge in [0.05, 0.1) is 11.7 Å². The van der Waals surface area contributed by atoms with Crippen LogP contribution in [0.25, 0.3) is 0 Å². The van der Waals surface area contributed by atoms with E-state index in [1.165, 1.54) is 4.88 Å². The fourth-order valence-corrected chi connectivity index (χ4v) is 2.67. The molecule has 18 heavy (non-hydrogen) atoms. The number of nitrogens with two attached hydrogens (primary N) is 1. The molecule has 1 unspecified atom stereocenters. The van der Waals surface area contributed by atoms with E-state index >= 15 is 0 Å². The van der Waals surface area contributed by atoms with Gasteiger partial charge in [-0.2, -0.15) is 0 Å². The lowest BCUT2D eigenvalue weighted by atomic mass is 10.2. The molecule has 0 amide bonds. The van der Waals surface area contributed by atoms with Crippen molar-refractivity contribution < 1.29 is 0 Å². The summed E-state index contributed by atoms with van der Waals surface area (Å²) in [4.78, 5) is 6.02. The molecule has 0 radical (unpaired) electrons. The summed E-state index contributed by atoms with van der Waals surface area (Å²) in [5.74, 6) is 0.806. The highest BCUT2D eigenvalue weighted by Crippen LogP contribution is 2.25. The molecule has 94 valence electrons. The van der Waals surface area contributed by atoms with Crippen LogP contribution in [0.1, 0.15) is 30.0 Å². The molecule has 2 heterocycles. The highest BCUT2D eigenvalue weighted by molar-refractivity contribution is 7.80. The summed E-state index contributed by atoms with van der Waals surface area (Å²) in [6.07, 6.45) is 0.999. The quantitative estimate of drug-likeness (QED) is 0.823. The smallest absolute Gasteiger partial charge is 0.127 e. The van der Waals surface area contributed by atoms with Gasteiger partial charge in [-0.3, -0.25) is 0 Å². The molecule has 3 nitrogen and oxygen atoms in total. The van der Waals surface area contributed by atoms with Crippen molar-refractivity contribution in [1.82, 2.24) is 4.98 Å². The zero-order valence-corrected chi connectivity index (χ0v) is 11.7. The second kappa shape index (κ2) is 5.93. The Balaban J connectivity index is 2.17. The minimum Gasteiger partial charge on any atom is -0.388 e. The number of pyridine rings is 1. The maximum Gasteiger partial charge on any atom is 0.127 e. The van der Waals surface area contributed by atoms with Crippen LogP contribution in [0, 0.1) is 0 Å². The molecule has 0 aromatic carbocycles. The highest BCUT2D eigenvalue weighted by atomic mass is 32.1. The van der Waals surface area contributed by atoms with Crippen LogP contribution in [0.15, 0.2) is 35.7 Å². The van der Waals surface area contributed by atoms with E-state index < -0.39 is 0 Å². The average molecular weight is 277 g/mol. The van der Waals surface area contributed by atoms with Crippen molar-refractivity contribution in [2.24, 2.45) is 5.73 Å². The van der Waals surface area contributed by atoms with Crippen LogP contribution in [-0.4, -0.2) is 9.97 Å². The molecule has 2 rings (SSSR count). The van der Waals surface area contributed by atoms with E-state index in [4.69, 9.17) is 18.0 Å². The van der Waals surface area contributed by atoms with Gasteiger partial charge in [-0.15, -0.1) is 11.3 Å². The minimum atomic E-state index is 0.277. The molecule has 0 fully saturated rings. The van der Waals surface area contributed by atoms with E-state index in [0.29, 0.717) is 10.7 Å². The van der Waals surface area contributed by atoms with Crippen LogP contribution in [0.3, 0.4) is 0 Å². The van der Waals surface area contributed by atoms with E-state index in [-0.39, 0.29) is 6.04 Å². The van der Waals surface area contributed by atoms with Crippen LogP contribution < -0.4 is 11.1 Å². The fraction of sp³-hybridized carbons (Fsp3) is 0.231. The molecule has 1 atom stereocenters. The third-order valence-electron chi connectivity index (χ3n) is 2.62. The maximum atomic E-state index is 5.58. The largest absolute Gasteiger partial charge is 0.388 e. The molecule has 2 aromatic heterocycles. The van der Waals surface area contributed by atoms with Gasteiger partial charge in [-0.1, -0.05) is 31.3 Å². The molecule has 5 heteroatoms. The standard InChI is InChI=1S/C13H15N3S2/c1-2-9(11-6-4-8-18-11)15-12-7-3-5-10(16-12)13(14)17/h3-9H,2H2,1H3,(H2,14,17)(H,15,16). The summed E-state index contributed by atoms with van der Waals surface area (Å²) in [5.41, 5.74) is 6.23. The lowest BCUT2D eigenvalue weighted by Gasteiger charge is -2.16. The highest BCUT2D eigenvalue weighted by Gasteiger charge is 2.11. The molecule has 0 aliphatic carbocycles. The van der Waals surface area contributed by atoms with Gasteiger partial charge in [0.25, 0.3) is 0 Å². The van der Waals surface area contributed by atoms with Crippen molar-refractivity contribution in [3.8, 4) is 0 Å². The summed E-state index contributed by atoms with van der Waals surface area (Å²) in [7, 11) is 0. The Morgan fingerprint density at radius 3 is 2.89 bits per heavy atom. The van der Waals surface area contributed by atoms with Gasteiger partial charge in [0.1, 0.15) is 10.8 Å². The second-order valence-corrected chi connectivity index (χ2v) is 5.31. The Morgan fingerprint density at radius 2 is 2.28 bits per heavy atom. The molecular formula is C13H15N3S2. The van der Waals surface area contributed by atoms with Crippen LogP contribution in [0.5, 0.6) is 0 Å². The number of nitrogens with one attached hydrogen (secondary N) is 1. The average Bonchev–Trinajstić information content (AvgIpc) is 2.90. The van der Waals surface area contributed by atoms with Crippen molar-refractivity contribution in [1.29, 1.82) is 0 Å². The third-order valence-corrected chi connectivity index (χ3v) is 3.81. The minimum absolute atomic E-state index is 0.277. The van der Waals surface area contributed by atoms with Crippen LogP contribution in [0.2, 0.25) is 0 Å². The van der Waals surface area contributed by atoms with Gasteiger partial charge in [0.15, 0.2) is 0 Å². The van der Waals surface area contributed by atoms with Gasteiger partial charge in [-0.05, 0) is 30.0 Å². The Labute approximate surface area is 116 Å². The summed E-state index contributed by atoms with van der Waals surface area (Å²) in [6, 6.07) is 10.1. The van der Waals surface area contributed by atoms with E-state index in [2.05, 4.69) is 34.7 Å². The zero-order valence-electron chi connectivity index (χ0n) is 10.1. The number of hydrogen-bond donors (Lipinski definition) is 2. The van der Waals surface area contributed by atoms with Crippen molar-refractivity contribution in [3.05, 3.63) is 46.3 Å². The van der Waals surface area contributed by atoms with Gasteiger partial charge >= 0.3 is 0 Å². The third kappa shape index (κ3) is 3.05. The summed E-state index contributed by atoms with van der Waals surface area (Å²) in [6.45, 7) is 2.15. The van der Waals surface area contributed by atoms with E-state index in [9.17, 15) is 0 Å². The first kappa shape index (κ1) is 13.0. The van der Waals surface area contributed by atoms with E-state index in [0.717, 1.165) is 12.2 Å². The predicted octanol–water partition coefficient (Wildman–Crippen LogP) is 3.34. The molecule has 0 saturated carbocycles. The molecule has 0 aliphatic rings. The van der Waals surface area contributed by atoms with Gasteiger partial charge in [-0.25, -0.2) is 4.98 Å². The summed E-state index contributed by atoms with van der Waals surface area (Å²) >= 11 is 6.68. The number of hydrogen-bond acceptors (Lipinski definition) is 4. The number of rotatable bonds is 5. The van der Waals surface area contributed by atoms with Crippen LogP contribution in [-0.2, 0) is 0 Å². The van der Waals surface area contributed by atoms with Crippen molar-refractivity contribution in [2.45, 2.75) is 19.4 Å². The molecule has 3 N–H and O–H groups in total. The molecule has 0 spiro atoms. The van der Waals surface area contributed by atoms with Crippen molar-refractivity contribution >= 4 is 34.4 Å². The van der Waals surface area contributed by atoms with Crippen LogP contribution in [0.4, 0.5) is 5.82 Å². The monoisotopic (exact) mass is 277 g/mol. The number of thiophene rings is 1. The van der Waals surface area contributed by atoms with Crippen molar-refractivity contribution in [2.75, 3.05) is 5.32 Å². The van der Waals surface area contributed by atoms with Gasteiger partial charge in [0, 0.05) is 4.88 Å². The van der Waals surface area contributed by atoms with E-state index in [1.807, 2.05) is 18.2 Å². The first-order chi connectivity index (χ1) is 8.70. The lowest BCUT2D eigenvalue weighted by molar-refractivity contribution is 0.758. The number of thiocarbonyl (C=S) groups is 1. The SMILES string of the molecule is CCC(Nc1cccc(C(N)=S)n1)c1cccs1. The maximum absolute atomic E-state index is 5.58. The van der Waals surface area contributed by atoms with Gasteiger partial charge < -0.3 is 11.1 Å². The molecule has 0 bridgehead atoms. The lowest BCUT2D eigenvalue weighted by Crippen LogP contribution is -2.14. The first-order valence-corrected chi connectivity index (χ1v) is 7.06. The Hall–Kier alpha value is -1.46.